The zero-order chi connectivity index (χ0) is 13.1. The third kappa shape index (κ3) is 2.33. The van der Waals surface area contributed by atoms with E-state index in [-0.39, 0.29) is 0 Å². The average molecular weight is 241 g/mol. The van der Waals surface area contributed by atoms with Crippen LogP contribution in [0.5, 0.6) is 5.75 Å². The normalized spacial score (nSPS) is 10.7. The van der Waals surface area contributed by atoms with E-state index in [1.807, 2.05) is 18.2 Å². The fourth-order valence-electron chi connectivity index (χ4n) is 2.06. The lowest BCUT2D eigenvalue weighted by Gasteiger charge is -2.12. The van der Waals surface area contributed by atoms with Crippen molar-refractivity contribution in [2.24, 2.45) is 0 Å². The van der Waals surface area contributed by atoms with Crippen LogP contribution in [0.2, 0.25) is 0 Å². The third-order valence-corrected chi connectivity index (χ3v) is 3.14. The zero-order valence-electron chi connectivity index (χ0n) is 11.1. The molecule has 0 aliphatic heterocycles. The summed E-state index contributed by atoms with van der Waals surface area (Å²) in [5, 5.41) is 0. The van der Waals surface area contributed by atoms with E-state index in [2.05, 4.69) is 38.1 Å². The number of nitrogens with two attached hydrogens (primary N) is 1. The standard InChI is InChI=1S/C16H19NO/c1-11(2)12-7-9-13(10-8-12)14-5-4-6-15(17)16(14)18-3/h4-11H,17H2,1-3H3. The summed E-state index contributed by atoms with van der Waals surface area (Å²) in [5.74, 6) is 1.29. The molecule has 2 aromatic rings. The molecular weight excluding hydrogens is 222 g/mol. The topological polar surface area (TPSA) is 35.2 Å². The smallest absolute Gasteiger partial charge is 0.149 e. The first kappa shape index (κ1) is 12.5. The van der Waals surface area contributed by atoms with Crippen LogP contribution < -0.4 is 10.5 Å². The van der Waals surface area contributed by atoms with Gasteiger partial charge in [0.15, 0.2) is 0 Å². The van der Waals surface area contributed by atoms with E-state index in [1.54, 1.807) is 7.11 Å². The molecular formula is C16H19NO. The largest absolute Gasteiger partial charge is 0.494 e. The number of anilines is 1. The van der Waals surface area contributed by atoms with Crippen LogP contribution >= 0.6 is 0 Å². The Bertz CT molecular complexity index is 529. The molecule has 2 N–H and O–H groups in total. The predicted molar refractivity (Wildman–Crippen MR) is 76.9 cm³/mol. The second-order valence-electron chi connectivity index (χ2n) is 4.70. The molecule has 2 aromatic carbocycles. The van der Waals surface area contributed by atoms with Crippen LogP contribution in [0.1, 0.15) is 25.3 Å². The minimum Gasteiger partial charge on any atom is -0.494 e. The molecule has 0 aliphatic carbocycles. The molecule has 2 nitrogen and oxygen atoms in total. The number of rotatable bonds is 3. The SMILES string of the molecule is COc1c(N)cccc1-c1ccc(C(C)C)cc1. The van der Waals surface area contributed by atoms with Gasteiger partial charge in [-0.25, -0.2) is 0 Å². The molecule has 2 heteroatoms. The van der Waals surface area contributed by atoms with E-state index in [1.165, 1.54) is 5.56 Å². The van der Waals surface area contributed by atoms with Crippen molar-refractivity contribution in [1.29, 1.82) is 0 Å². The number of ether oxygens (including phenoxy) is 1. The van der Waals surface area contributed by atoms with E-state index in [9.17, 15) is 0 Å². The van der Waals surface area contributed by atoms with Gasteiger partial charge in [0.25, 0.3) is 0 Å². The number of nitrogen functional groups attached to an aromatic ring is 1. The van der Waals surface area contributed by atoms with Gasteiger partial charge in [-0.3, -0.25) is 0 Å². The minimum atomic E-state index is 0.543. The van der Waals surface area contributed by atoms with Gasteiger partial charge >= 0.3 is 0 Å². The Kier molecular flexibility index (Phi) is 3.56. The van der Waals surface area contributed by atoms with Crippen LogP contribution in [-0.2, 0) is 0 Å². The summed E-state index contributed by atoms with van der Waals surface area (Å²) in [7, 11) is 1.65. The van der Waals surface area contributed by atoms with Gasteiger partial charge in [-0.05, 0) is 23.1 Å². The van der Waals surface area contributed by atoms with E-state index in [4.69, 9.17) is 10.5 Å². The zero-order valence-corrected chi connectivity index (χ0v) is 11.1. The summed E-state index contributed by atoms with van der Waals surface area (Å²) in [6, 6.07) is 14.4. The van der Waals surface area contributed by atoms with Gasteiger partial charge in [-0.15, -0.1) is 0 Å². The Balaban J connectivity index is 2.46. The highest BCUT2D eigenvalue weighted by Crippen LogP contribution is 2.35. The molecule has 94 valence electrons. The summed E-state index contributed by atoms with van der Waals surface area (Å²) < 4.78 is 5.38. The monoisotopic (exact) mass is 241 g/mol. The number of para-hydroxylation sites is 1. The molecule has 0 radical (unpaired) electrons. The molecule has 0 aromatic heterocycles. The maximum Gasteiger partial charge on any atom is 0.149 e. The first-order valence-electron chi connectivity index (χ1n) is 6.16. The Morgan fingerprint density at radius 3 is 2.22 bits per heavy atom. The van der Waals surface area contributed by atoms with Crippen molar-refractivity contribution in [2.75, 3.05) is 12.8 Å². The molecule has 0 saturated carbocycles. The van der Waals surface area contributed by atoms with Gasteiger partial charge in [-0.2, -0.15) is 0 Å². The van der Waals surface area contributed by atoms with Crippen molar-refractivity contribution in [3.63, 3.8) is 0 Å². The Morgan fingerprint density at radius 1 is 1.00 bits per heavy atom. The summed E-state index contributed by atoms with van der Waals surface area (Å²) in [5.41, 5.74) is 10.1. The second-order valence-corrected chi connectivity index (χ2v) is 4.70. The molecule has 0 spiro atoms. The third-order valence-electron chi connectivity index (χ3n) is 3.14. The molecule has 18 heavy (non-hydrogen) atoms. The first-order chi connectivity index (χ1) is 8.63. The first-order valence-corrected chi connectivity index (χ1v) is 6.16. The van der Waals surface area contributed by atoms with Gasteiger partial charge < -0.3 is 10.5 Å². The van der Waals surface area contributed by atoms with Crippen molar-refractivity contribution in [2.45, 2.75) is 19.8 Å². The maximum atomic E-state index is 5.92. The molecule has 0 saturated heterocycles. The van der Waals surface area contributed by atoms with Crippen molar-refractivity contribution in [3.8, 4) is 16.9 Å². The Labute approximate surface area is 108 Å². The molecule has 0 heterocycles. The van der Waals surface area contributed by atoms with Crippen LogP contribution in [0.4, 0.5) is 5.69 Å². The van der Waals surface area contributed by atoms with Crippen LogP contribution in [0.15, 0.2) is 42.5 Å². The molecule has 0 fully saturated rings. The second kappa shape index (κ2) is 5.13. The quantitative estimate of drug-likeness (QED) is 0.822. The Hall–Kier alpha value is -1.96. The molecule has 0 atom stereocenters. The van der Waals surface area contributed by atoms with Crippen molar-refractivity contribution >= 4 is 5.69 Å². The van der Waals surface area contributed by atoms with Gasteiger partial charge in [-0.1, -0.05) is 50.2 Å². The minimum absolute atomic E-state index is 0.543. The van der Waals surface area contributed by atoms with E-state index >= 15 is 0 Å². The number of hydrogen-bond acceptors (Lipinski definition) is 2. The van der Waals surface area contributed by atoms with Gasteiger partial charge in [0.1, 0.15) is 5.75 Å². The average Bonchev–Trinajstić information content (AvgIpc) is 2.38. The van der Waals surface area contributed by atoms with Crippen LogP contribution in [0.25, 0.3) is 11.1 Å². The van der Waals surface area contributed by atoms with Gasteiger partial charge in [0.2, 0.25) is 0 Å². The van der Waals surface area contributed by atoms with Crippen molar-refractivity contribution < 1.29 is 4.74 Å². The molecule has 0 amide bonds. The van der Waals surface area contributed by atoms with E-state index < -0.39 is 0 Å². The highest BCUT2D eigenvalue weighted by atomic mass is 16.5. The van der Waals surface area contributed by atoms with Gasteiger partial charge in [0, 0.05) is 5.56 Å². The highest BCUT2D eigenvalue weighted by molar-refractivity contribution is 5.77. The summed E-state index contributed by atoms with van der Waals surface area (Å²) in [4.78, 5) is 0. The van der Waals surface area contributed by atoms with Crippen LogP contribution in [0.3, 0.4) is 0 Å². The van der Waals surface area contributed by atoms with Gasteiger partial charge in [0.05, 0.1) is 12.8 Å². The lowest BCUT2D eigenvalue weighted by atomic mass is 9.98. The van der Waals surface area contributed by atoms with Crippen LogP contribution in [0, 0.1) is 0 Å². The lowest BCUT2D eigenvalue weighted by Crippen LogP contribution is -1.95. The predicted octanol–water partition coefficient (Wildman–Crippen LogP) is 4.07. The maximum absolute atomic E-state index is 5.92. The summed E-state index contributed by atoms with van der Waals surface area (Å²) in [6.45, 7) is 4.38. The number of benzene rings is 2. The number of hydrogen-bond donors (Lipinski definition) is 1. The Morgan fingerprint density at radius 2 is 1.67 bits per heavy atom. The molecule has 0 bridgehead atoms. The number of methoxy groups -OCH3 is 1. The lowest BCUT2D eigenvalue weighted by molar-refractivity contribution is 0.418. The molecule has 0 aliphatic rings. The summed E-state index contributed by atoms with van der Waals surface area (Å²) in [6.07, 6.45) is 0. The van der Waals surface area contributed by atoms with Crippen molar-refractivity contribution in [3.05, 3.63) is 48.0 Å². The van der Waals surface area contributed by atoms with E-state index in [0.717, 1.165) is 16.9 Å². The van der Waals surface area contributed by atoms with Crippen molar-refractivity contribution in [1.82, 2.24) is 0 Å². The fraction of sp³-hybridized carbons (Fsp3) is 0.250. The fourth-order valence-corrected chi connectivity index (χ4v) is 2.06. The highest BCUT2D eigenvalue weighted by Gasteiger charge is 2.08. The van der Waals surface area contributed by atoms with Crippen LogP contribution in [-0.4, -0.2) is 7.11 Å². The summed E-state index contributed by atoms with van der Waals surface area (Å²) >= 11 is 0. The van der Waals surface area contributed by atoms with E-state index in [0.29, 0.717) is 11.6 Å². The molecule has 0 unspecified atom stereocenters. The molecule has 2 rings (SSSR count).